The van der Waals surface area contributed by atoms with E-state index in [1.165, 1.54) is 0 Å². The summed E-state index contributed by atoms with van der Waals surface area (Å²) in [6, 6.07) is 0. The van der Waals surface area contributed by atoms with Crippen molar-refractivity contribution in [2.24, 2.45) is 0 Å². The summed E-state index contributed by atoms with van der Waals surface area (Å²) in [7, 11) is -28.6. The van der Waals surface area contributed by atoms with Crippen molar-refractivity contribution in [2.75, 3.05) is 0 Å². The van der Waals surface area contributed by atoms with E-state index in [0.717, 1.165) is 0 Å². The number of rotatable bonds is 0. The van der Waals surface area contributed by atoms with Gasteiger partial charge in [0.05, 0.1) is 0 Å². The Bertz CT molecular complexity index is 462. The van der Waals surface area contributed by atoms with Gasteiger partial charge < -0.3 is 88.1 Å². The van der Waals surface area contributed by atoms with Crippen molar-refractivity contribution >= 4 is 74.2 Å². The molecule has 15 N–H and O–H groups in total. The molecule has 0 aliphatic carbocycles. The third kappa shape index (κ3) is 11300. The zero-order valence-electron chi connectivity index (χ0n) is 14.4. The minimum Gasteiger partial charge on any atom is -0.756 e. The van der Waals surface area contributed by atoms with E-state index in [2.05, 4.69) is 0 Å². The molecule has 1 atom stereocenters. The third-order valence-electron chi connectivity index (χ3n) is 0. The minimum absolute atomic E-state index is 0. The van der Waals surface area contributed by atoms with Crippen LogP contribution in [-0.2, 0) is 27.4 Å². The first kappa shape index (κ1) is 54.5. The van der Waals surface area contributed by atoms with Gasteiger partial charge in [-0.2, -0.15) is 9.90 Å². The Balaban J connectivity index is -0.0000000356. The van der Waals surface area contributed by atoms with Crippen LogP contribution in [0.3, 0.4) is 0 Å². The topological polar surface area (TPSA) is 475 Å². The zero-order valence-corrected chi connectivity index (χ0v) is 22.3. The summed E-state index contributed by atoms with van der Waals surface area (Å²) in [4.78, 5) is 133. The van der Waals surface area contributed by atoms with E-state index in [1.807, 2.05) is 0 Å². The van der Waals surface area contributed by atoms with Crippen molar-refractivity contribution in [2.45, 2.75) is 0 Å². The fraction of sp³-hybridized carbons (Fsp3) is 0. The van der Waals surface area contributed by atoms with Gasteiger partial charge in [-0.25, -0.2) is 13.7 Å². The van der Waals surface area contributed by atoms with Crippen LogP contribution in [0.5, 0.6) is 0 Å². The molecule has 0 aliphatic rings. The van der Waals surface area contributed by atoms with Gasteiger partial charge in [0.2, 0.25) is 0 Å². The summed E-state index contributed by atoms with van der Waals surface area (Å²) in [6.07, 6.45) is 0. The van der Waals surface area contributed by atoms with Crippen LogP contribution in [0.1, 0.15) is 0 Å². The van der Waals surface area contributed by atoms with E-state index < -0.39 is 46.9 Å². The Morgan fingerprint density at radius 1 is 0.344 bits per heavy atom. The summed E-state index contributed by atoms with van der Waals surface area (Å²) in [6.45, 7) is 0. The molecule has 0 heterocycles. The molecule has 0 bridgehead atoms. The first-order chi connectivity index (χ1) is 12.0. The number of phosphoric acid groups is 6. The van der Waals surface area contributed by atoms with Crippen LogP contribution in [0.2, 0.25) is 0 Å². The molecule has 24 nitrogen and oxygen atoms in total. The average Bonchev–Trinajstić information content (AvgIpc) is 1.94. The Morgan fingerprint density at radius 3 is 0.344 bits per heavy atom. The zero-order chi connectivity index (χ0) is 27.0. The van der Waals surface area contributed by atoms with Crippen LogP contribution in [0.15, 0.2) is 0 Å². The molecule has 0 saturated carbocycles. The van der Waals surface area contributed by atoms with E-state index in [-0.39, 0.29) is 27.3 Å². The second kappa shape index (κ2) is 23.0. The van der Waals surface area contributed by atoms with Gasteiger partial charge in [0, 0.05) is 0 Å². The summed E-state index contributed by atoms with van der Waals surface area (Å²) >= 11 is 0. The predicted molar refractivity (Wildman–Crippen MR) is 95.8 cm³/mol. The van der Waals surface area contributed by atoms with E-state index >= 15 is 0 Å². The standard InChI is InChI=1S/Al.6H3O4P.H3P/c;6*1-5(2,3)4;/h;6*(H3,1,2,3,4);1H3/q+3;;;;;;;/p-3. The largest absolute Gasteiger partial charge is 3.00 e. The monoisotopic (exact) mass is 646 g/mol. The van der Waals surface area contributed by atoms with Crippen molar-refractivity contribution in [1.29, 1.82) is 0 Å². The van der Waals surface area contributed by atoms with Crippen molar-refractivity contribution in [3.63, 3.8) is 0 Å². The normalized spacial score (nSPS) is 11.1. The van der Waals surface area contributed by atoms with Gasteiger partial charge in [-0.05, 0) is 0 Å². The van der Waals surface area contributed by atoms with Gasteiger partial charge in [0.25, 0.3) is 23.5 Å². The quantitative estimate of drug-likeness (QED) is 0.0858. The molecular weight excluding hydrogens is 628 g/mol. The second-order valence-electron chi connectivity index (χ2n) is 3.01. The molecule has 0 fully saturated rings. The fourth-order valence-electron chi connectivity index (χ4n) is 0. The van der Waals surface area contributed by atoms with Gasteiger partial charge in [-0.1, -0.05) is 0 Å². The van der Waals surface area contributed by atoms with Gasteiger partial charge in [-0.15, -0.1) is 0 Å². The molecule has 0 aliphatic heterocycles. The van der Waals surface area contributed by atoms with E-state index in [0.29, 0.717) is 0 Å². The molecule has 0 aromatic rings. The molecule has 32 heavy (non-hydrogen) atoms. The first-order valence-corrected chi connectivity index (χ1v) is 13.9. The molecule has 32 heteroatoms. The van der Waals surface area contributed by atoms with Crippen molar-refractivity contribution in [1.82, 2.24) is 0 Å². The Labute approximate surface area is 190 Å². The smallest absolute Gasteiger partial charge is 0.756 e. The summed E-state index contributed by atoms with van der Waals surface area (Å²) in [5.74, 6) is 0. The third-order valence-corrected chi connectivity index (χ3v) is 0. The van der Waals surface area contributed by atoms with Crippen LogP contribution in [0.25, 0.3) is 0 Å². The molecular formula is H18AlO24P7. The number of hydrogen-bond acceptors (Lipinski definition) is 9. The molecule has 0 spiro atoms. The molecule has 0 aromatic carbocycles. The van der Waals surface area contributed by atoms with Crippen molar-refractivity contribution in [3.8, 4) is 0 Å². The minimum atomic E-state index is -4.89. The molecule has 0 aromatic heterocycles. The second-order valence-corrected chi connectivity index (χ2v) is 9.03. The Hall–Kier alpha value is 1.62. The maximum absolute atomic E-state index is 8.88. The van der Waals surface area contributed by atoms with Gasteiger partial charge in [-0.3, -0.25) is 13.7 Å². The molecule has 0 rings (SSSR count). The van der Waals surface area contributed by atoms with Crippen LogP contribution in [-0.4, -0.2) is 90.8 Å². The van der Waals surface area contributed by atoms with E-state index in [4.69, 9.17) is 115 Å². The molecule has 0 radical (unpaired) electrons. The van der Waals surface area contributed by atoms with Crippen LogP contribution in [0, 0.1) is 0 Å². The Morgan fingerprint density at radius 2 is 0.344 bits per heavy atom. The summed E-state index contributed by atoms with van der Waals surface area (Å²) < 4.78 is 53.0. The van der Waals surface area contributed by atoms with E-state index in [1.54, 1.807) is 0 Å². The van der Waals surface area contributed by atoms with Gasteiger partial charge in [0.1, 0.15) is 0 Å². The maximum atomic E-state index is 8.88. The van der Waals surface area contributed by atoms with Crippen LogP contribution < -0.4 is 14.7 Å². The van der Waals surface area contributed by atoms with Crippen LogP contribution >= 0.6 is 56.8 Å². The fourth-order valence-corrected chi connectivity index (χ4v) is 0. The molecule has 0 amide bonds. The van der Waals surface area contributed by atoms with Gasteiger partial charge in [0.15, 0.2) is 0 Å². The van der Waals surface area contributed by atoms with Crippen LogP contribution in [0.4, 0.5) is 0 Å². The molecule has 200 valence electrons. The summed E-state index contributed by atoms with van der Waals surface area (Å²) in [5, 5.41) is 0. The first-order valence-electron chi connectivity index (χ1n) is 4.64. The summed E-state index contributed by atoms with van der Waals surface area (Å²) in [5.41, 5.74) is 0. The molecule has 1 unspecified atom stereocenters. The van der Waals surface area contributed by atoms with Crippen molar-refractivity contribution in [3.05, 3.63) is 0 Å². The Kier molecular flexibility index (Phi) is 39.3. The predicted octanol–water partition coefficient (Wildman–Crippen LogP) is -7.79. The van der Waals surface area contributed by atoms with E-state index in [9.17, 15) is 0 Å². The molecule has 0 saturated heterocycles. The average molecular weight is 646 g/mol. The maximum Gasteiger partial charge on any atom is 3.00 e. The van der Waals surface area contributed by atoms with Gasteiger partial charge >= 0.3 is 40.8 Å². The van der Waals surface area contributed by atoms with Crippen molar-refractivity contribution < 1.29 is 115 Å². The number of hydrogen-bond donors (Lipinski definition) is 15. The SMILES string of the molecule is O=P(O)(O)O.O=P(O)(O)O.O=P(O)(O)O.O=P([O-])(O)O.O=P([O-])(O)O.O=P([O-])(O)O.P.[Al+3].